The first kappa shape index (κ1) is 37.8. The molecule has 0 saturated carbocycles. The Morgan fingerprint density at radius 2 is 1.49 bits per heavy atom. The third-order valence-corrected chi connectivity index (χ3v) is 7.43. The van der Waals surface area contributed by atoms with Crippen LogP contribution in [0.2, 0.25) is 0 Å². The quantitative estimate of drug-likeness (QED) is 0.0812. The van der Waals surface area contributed by atoms with Crippen molar-refractivity contribution in [3.8, 4) is 11.5 Å². The van der Waals surface area contributed by atoms with Crippen LogP contribution < -0.4 is 9.47 Å². The molecule has 17 nitrogen and oxygen atoms in total. The second kappa shape index (κ2) is 17.1. The van der Waals surface area contributed by atoms with Gasteiger partial charge in [-0.15, -0.1) is 0 Å². The van der Waals surface area contributed by atoms with Crippen LogP contribution in [0.4, 0.5) is 10.5 Å². The van der Waals surface area contributed by atoms with Gasteiger partial charge < -0.3 is 37.9 Å². The van der Waals surface area contributed by atoms with Gasteiger partial charge in [0.05, 0.1) is 12.0 Å². The van der Waals surface area contributed by atoms with E-state index >= 15 is 0 Å². The third kappa shape index (κ3) is 9.60. The summed E-state index contributed by atoms with van der Waals surface area (Å²) in [4.78, 5) is 74.3. The molecule has 0 aromatic heterocycles. The largest absolute Gasteiger partial charge is 0.472 e. The number of amides is 1. The summed E-state index contributed by atoms with van der Waals surface area (Å²) in [5, 5.41) is 14.0. The van der Waals surface area contributed by atoms with E-state index in [-0.39, 0.29) is 25.4 Å². The molecule has 1 heterocycles. The van der Waals surface area contributed by atoms with Gasteiger partial charge in [0.15, 0.2) is 30.8 Å². The van der Waals surface area contributed by atoms with Crippen LogP contribution in [0.5, 0.6) is 11.5 Å². The molecule has 0 aliphatic carbocycles. The number of nitro benzene ring substituents is 1. The lowest BCUT2D eigenvalue weighted by Gasteiger charge is -2.42. The predicted molar refractivity (Wildman–Crippen MR) is 173 cm³/mol. The third-order valence-electron chi connectivity index (χ3n) is 7.43. The van der Waals surface area contributed by atoms with E-state index in [9.17, 15) is 34.1 Å². The summed E-state index contributed by atoms with van der Waals surface area (Å²) in [6.45, 7) is 4.52. The lowest BCUT2D eigenvalue weighted by Crippen LogP contribution is -2.64. The number of ether oxygens (including phenoxy) is 8. The van der Waals surface area contributed by atoms with Crippen LogP contribution in [0.25, 0.3) is 10.8 Å². The number of nitrogens with zero attached hydrogens (tertiary/aromatic N) is 2. The second-order valence-electron chi connectivity index (χ2n) is 11.0. The molecule has 1 saturated heterocycles. The number of benzene rings is 3. The summed E-state index contributed by atoms with van der Waals surface area (Å²) >= 11 is 0. The molecular formula is C34H36N2O15. The highest BCUT2D eigenvalue weighted by Gasteiger charge is 2.56. The molecule has 17 heteroatoms. The predicted octanol–water partition coefficient (Wildman–Crippen LogP) is 3.81. The number of rotatable bonds is 13. The van der Waals surface area contributed by atoms with Crippen LogP contribution in [0.3, 0.4) is 0 Å². The van der Waals surface area contributed by atoms with Crippen LogP contribution in [0, 0.1) is 10.1 Å². The SMILES string of the molecule is CCN(COc1cccc2ccccc12)C(=O)OCc1ccc(O[C@@H]2O[C@H](C(=O)OC)[C@@H](OC(C)=O)[C@H](OC(C)=O)[C@H]2OC(C)=O)c([N+](=O)[O-])c1. The van der Waals surface area contributed by atoms with Crippen molar-refractivity contribution >= 4 is 46.4 Å². The minimum Gasteiger partial charge on any atom is -0.472 e. The van der Waals surface area contributed by atoms with Crippen molar-refractivity contribution in [3.05, 3.63) is 76.3 Å². The minimum absolute atomic E-state index is 0.125. The Morgan fingerprint density at radius 1 is 0.843 bits per heavy atom. The maximum atomic E-state index is 12.9. The van der Waals surface area contributed by atoms with E-state index in [0.717, 1.165) is 44.7 Å². The monoisotopic (exact) mass is 712 g/mol. The van der Waals surface area contributed by atoms with Gasteiger partial charge in [0, 0.05) is 38.8 Å². The summed E-state index contributed by atoms with van der Waals surface area (Å²) in [6, 6.07) is 16.8. The highest BCUT2D eigenvalue weighted by atomic mass is 16.7. The van der Waals surface area contributed by atoms with Crippen LogP contribution >= 0.6 is 0 Å². The van der Waals surface area contributed by atoms with Crippen molar-refractivity contribution < 1.29 is 66.8 Å². The van der Waals surface area contributed by atoms with Gasteiger partial charge in [-0.2, -0.15) is 0 Å². The maximum Gasteiger partial charge on any atom is 0.412 e. The van der Waals surface area contributed by atoms with Crippen molar-refractivity contribution in [2.45, 2.75) is 65.0 Å². The van der Waals surface area contributed by atoms with Crippen molar-refractivity contribution in [2.75, 3.05) is 20.4 Å². The molecule has 0 bridgehead atoms. The van der Waals surface area contributed by atoms with Gasteiger partial charge in [0.1, 0.15) is 12.4 Å². The van der Waals surface area contributed by atoms with E-state index in [1.54, 1.807) is 13.0 Å². The fraction of sp³-hybridized carbons (Fsp3) is 0.382. The summed E-state index contributed by atoms with van der Waals surface area (Å²) in [5.74, 6) is -3.66. The molecule has 1 aliphatic rings. The van der Waals surface area contributed by atoms with E-state index < -0.39 is 77.0 Å². The van der Waals surface area contributed by atoms with Crippen LogP contribution in [-0.2, 0) is 54.2 Å². The van der Waals surface area contributed by atoms with Crippen LogP contribution in [-0.4, -0.2) is 90.9 Å². The van der Waals surface area contributed by atoms with Crippen molar-refractivity contribution in [2.24, 2.45) is 0 Å². The Morgan fingerprint density at radius 3 is 2.14 bits per heavy atom. The summed E-state index contributed by atoms with van der Waals surface area (Å²) in [5.41, 5.74) is -0.421. The van der Waals surface area contributed by atoms with Gasteiger partial charge in [-0.25, -0.2) is 9.59 Å². The number of nitro groups is 1. The molecule has 3 aromatic carbocycles. The average Bonchev–Trinajstić information content (AvgIpc) is 3.09. The zero-order valence-corrected chi connectivity index (χ0v) is 28.3. The lowest BCUT2D eigenvalue weighted by molar-refractivity contribution is -0.387. The Balaban J connectivity index is 1.53. The highest BCUT2D eigenvalue weighted by Crippen LogP contribution is 2.35. The molecule has 1 aliphatic heterocycles. The Hall–Kier alpha value is -5.97. The van der Waals surface area contributed by atoms with E-state index in [4.69, 9.17) is 37.9 Å². The fourth-order valence-electron chi connectivity index (χ4n) is 5.17. The van der Waals surface area contributed by atoms with Gasteiger partial charge in [0.2, 0.25) is 12.4 Å². The highest BCUT2D eigenvalue weighted by molar-refractivity contribution is 5.88. The maximum absolute atomic E-state index is 12.9. The lowest BCUT2D eigenvalue weighted by atomic mass is 9.97. The molecule has 5 atom stereocenters. The standard InChI is InChI=1S/C34H36N2O15/c1-6-35(18-46-26-13-9-11-23-10-7-8-12-24(23)26)34(41)45-17-22-14-15-27(25(16-22)36(42)43)50-33-31(49-21(4)39)29(48-20(3)38)28(47-19(2)37)30(51-33)32(40)44-5/h7-16,28-31,33H,6,17-18H2,1-5H3/t28-,29-,30-,31+,33+/m0/s1. The van der Waals surface area contributed by atoms with E-state index in [0.29, 0.717) is 5.75 Å². The minimum atomic E-state index is -1.82. The first-order valence-electron chi connectivity index (χ1n) is 15.5. The van der Waals surface area contributed by atoms with Crippen LogP contribution in [0.15, 0.2) is 60.7 Å². The van der Waals surface area contributed by atoms with E-state index in [2.05, 4.69) is 0 Å². The number of carbonyl (C=O) groups is 5. The first-order chi connectivity index (χ1) is 24.3. The van der Waals surface area contributed by atoms with E-state index in [1.807, 2.05) is 36.4 Å². The molecule has 0 N–H and O–H groups in total. The summed E-state index contributed by atoms with van der Waals surface area (Å²) < 4.78 is 43.3. The van der Waals surface area contributed by atoms with Crippen molar-refractivity contribution in [1.29, 1.82) is 0 Å². The van der Waals surface area contributed by atoms with Crippen molar-refractivity contribution in [3.63, 3.8) is 0 Å². The molecule has 272 valence electrons. The fourth-order valence-corrected chi connectivity index (χ4v) is 5.17. The molecule has 1 amide bonds. The number of carbonyl (C=O) groups excluding carboxylic acids is 5. The van der Waals surface area contributed by atoms with Gasteiger partial charge in [-0.1, -0.05) is 42.5 Å². The smallest absolute Gasteiger partial charge is 0.412 e. The Kier molecular flexibility index (Phi) is 12.7. The summed E-state index contributed by atoms with van der Waals surface area (Å²) in [7, 11) is 1.01. The second-order valence-corrected chi connectivity index (χ2v) is 11.0. The summed E-state index contributed by atoms with van der Waals surface area (Å²) in [6.07, 6.45) is -9.35. The number of hydrogen-bond donors (Lipinski definition) is 0. The zero-order chi connectivity index (χ0) is 37.2. The average molecular weight is 713 g/mol. The molecule has 4 rings (SSSR count). The Bertz CT molecular complexity index is 1770. The molecule has 3 aromatic rings. The zero-order valence-electron chi connectivity index (χ0n) is 28.3. The molecule has 0 radical (unpaired) electrons. The topological polar surface area (TPSA) is 206 Å². The first-order valence-corrected chi connectivity index (χ1v) is 15.5. The molecule has 0 spiro atoms. The number of hydrogen-bond acceptors (Lipinski definition) is 15. The Labute approximate surface area is 291 Å². The molecule has 1 fully saturated rings. The number of fused-ring (bicyclic) bond motifs is 1. The normalized spacial score (nSPS) is 19.6. The number of esters is 4. The van der Waals surface area contributed by atoms with Crippen molar-refractivity contribution in [1.82, 2.24) is 4.90 Å². The molecular weight excluding hydrogens is 676 g/mol. The van der Waals surface area contributed by atoms with Gasteiger partial charge in [0.25, 0.3) is 0 Å². The molecule has 51 heavy (non-hydrogen) atoms. The van der Waals surface area contributed by atoms with Crippen LogP contribution in [0.1, 0.15) is 33.3 Å². The van der Waals surface area contributed by atoms with E-state index in [1.165, 1.54) is 17.0 Å². The van der Waals surface area contributed by atoms with Gasteiger partial charge >= 0.3 is 35.7 Å². The molecule has 0 unspecified atom stereocenters. The number of methoxy groups -OCH3 is 1. The van der Waals surface area contributed by atoms with Gasteiger partial charge in [-0.05, 0) is 30.0 Å². The van der Waals surface area contributed by atoms with Gasteiger partial charge in [-0.3, -0.25) is 29.4 Å².